The Kier molecular flexibility index (Phi) is 5.05. The van der Waals surface area contributed by atoms with Crippen molar-refractivity contribution in [3.8, 4) is 17.4 Å². The maximum Gasteiger partial charge on any atom is 0.260 e. The number of nitrogens with zero attached hydrogens (tertiary/aromatic N) is 2. The first-order chi connectivity index (χ1) is 13.9. The zero-order chi connectivity index (χ0) is 20.7. The Bertz CT molecular complexity index is 1370. The summed E-state index contributed by atoms with van der Waals surface area (Å²) in [5, 5.41) is 11.1. The van der Waals surface area contributed by atoms with Gasteiger partial charge in [-0.1, -0.05) is 29.3 Å². The summed E-state index contributed by atoms with van der Waals surface area (Å²) in [6.45, 7) is 3.82. The number of allylic oxidation sites excluding steroid dienone is 1. The number of aryl methyl sites for hydroxylation is 2. The average molecular weight is 442 g/mol. The van der Waals surface area contributed by atoms with E-state index in [1.165, 1.54) is 17.4 Å². The molecule has 0 amide bonds. The molecule has 29 heavy (non-hydrogen) atoms. The highest BCUT2D eigenvalue weighted by Gasteiger charge is 2.16. The number of nitriles is 1. The fourth-order valence-corrected chi connectivity index (χ4v) is 4.59. The van der Waals surface area contributed by atoms with Gasteiger partial charge in [0.2, 0.25) is 0 Å². The van der Waals surface area contributed by atoms with Gasteiger partial charge in [0, 0.05) is 11.0 Å². The van der Waals surface area contributed by atoms with Crippen LogP contribution >= 0.6 is 34.5 Å². The molecular weight excluding hydrogens is 429 g/mol. The molecule has 4 aromatic rings. The number of rotatable bonds is 3. The second-order valence-corrected chi connectivity index (χ2v) is 8.36. The number of furan rings is 1. The molecular formula is C21H13Cl2N3O2S. The second kappa shape index (κ2) is 7.53. The number of halogens is 2. The fourth-order valence-electron chi connectivity index (χ4n) is 2.98. The van der Waals surface area contributed by atoms with Gasteiger partial charge in [0.05, 0.1) is 26.6 Å². The molecule has 3 aromatic heterocycles. The molecule has 5 nitrogen and oxygen atoms in total. The highest BCUT2D eigenvalue weighted by atomic mass is 35.5. The van der Waals surface area contributed by atoms with E-state index in [2.05, 4.69) is 16.0 Å². The zero-order valence-corrected chi connectivity index (χ0v) is 17.7. The molecule has 0 atom stereocenters. The summed E-state index contributed by atoms with van der Waals surface area (Å²) >= 11 is 13.9. The number of aromatic nitrogens is 2. The van der Waals surface area contributed by atoms with Crippen molar-refractivity contribution in [3.05, 3.63) is 72.8 Å². The quantitative estimate of drug-likeness (QED) is 0.381. The zero-order valence-electron chi connectivity index (χ0n) is 15.3. The molecule has 0 saturated heterocycles. The maximum absolute atomic E-state index is 12.5. The molecule has 1 aromatic carbocycles. The number of thiophene rings is 1. The van der Waals surface area contributed by atoms with Gasteiger partial charge in [-0.3, -0.25) is 4.79 Å². The summed E-state index contributed by atoms with van der Waals surface area (Å²) in [5.41, 5.74) is 1.39. The molecule has 0 saturated carbocycles. The summed E-state index contributed by atoms with van der Waals surface area (Å²) in [4.78, 5) is 21.3. The molecule has 0 aliphatic carbocycles. The highest BCUT2D eigenvalue weighted by molar-refractivity contribution is 7.18. The van der Waals surface area contributed by atoms with E-state index in [0.717, 1.165) is 10.4 Å². The lowest BCUT2D eigenvalue weighted by atomic mass is 10.2. The molecule has 3 heterocycles. The van der Waals surface area contributed by atoms with Crippen LogP contribution in [0, 0.1) is 25.2 Å². The van der Waals surface area contributed by atoms with Crippen LogP contribution < -0.4 is 5.56 Å². The molecule has 1 N–H and O–H groups in total. The van der Waals surface area contributed by atoms with Crippen LogP contribution in [0.2, 0.25) is 10.0 Å². The van der Waals surface area contributed by atoms with Gasteiger partial charge in [0.25, 0.3) is 5.56 Å². The smallest absolute Gasteiger partial charge is 0.260 e. The third-order valence-electron chi connectivity index (χ3n) is 4.54. The van der Waals surface area contributed by atoms with Crippen LogP contribution in [0.4, 0.5) is 0 Å². The van der Waals surface area contributed by atoms with E-state index in [4.69, 9.17) is 27.6 Å². The molecule has 0 aliphatic heterocycles. The maximum atomic E-state index is 12.5. The van der Waals surface area contributed by atoms with Crippen LogP contribution in [0.5, 0.6) is 0 Å². The third-order valence-corrected chi connectivity index (χ3v) is 6.27. The Labute approximate surface area is 179 Å². The summed E-state index contributed by atoms with van der Waals surface area (Å²) in [6, 6.07) is 10.7. The molecule has 0 radical (unpaired) electrons. The molecule has 0 bridgehead atoms. The SMILES string of the molecule is Cc1sc2nc(/C(C#N)=C/c3ccc(-c4c(Cl)cccc4Cl)o3)[nH]c(=O)c2c1C. The molecule has 0 aliphatic rings. The summed E-state index contributed by atoms with van der Waals surface area (Å²) in [7, 11) is 0. The first-order valence-electron chi connectivity index (χ1n) is 8.55. The first-order valence-corrected chi connectivity index (χ1v) is 10.1. The third kappa shape index (κ3) is 3.49. The molecule has 4 rings (SSSR count). The number of hydrogen-bond donors (Lipinski definition) is 1. The van der Waals surface area contributed by atoms with Gasteiger partial charge in [0.15, 0.2) is 5.82 Å². The lowest BCUT2D eigenvalue weighted by Crippen LogP contribution is -2.10. The minimum Gasteiger partial charge on any atom is -0.457 e. The van der Waals surface area contributed by atoms with Gasteiger partial charge in [0.1, 0.15) is 22.4 Å². The Morgan fingerprint density at radius 1 is 1.24 bits per heavy atom. The Balaban J connectivity index is 1.78. The highest BCUT2D eigenvalue weighted by Crippen LogP contribution is 2.36. The largest absolute Gasteiger partial charge is 0.457 e. The predicted molar refractivity (Wildman–Crippen MR) is 117 cm³/mol. The minimum atomic E-state index is -0.268. The molecule has 0 fully saturated rings. The normalized spacial score (nSPS) is 11.8. The van der Waals surface area contributed by atoms with Gasteiger partial charge < -0.3 is 9.40 Å². The van der Waals surface area contributed by atoms with Gasteiger partial charge in [-0.15, -0.1) is 11.3 Å². The number of benzene rings is 1. The van der Waals surface area contributed by atoms with Crippen LogP contribution in [0.1, 0.15) is 22.0 Å². The Morgan fingerprint density at radius 2 is 1.97 bits per heavy atom. The van der Waals surface area contributed by atoms with Gasteiger partial charge in [-0.05, 0) is 43.7 Å². The van der Waals surface area contributed by atoms with Gasteiger partial charge >= 0.3 is 0 Å². The molecule has 0 unspecified atom stereocenters. The second-order valence-electron chi connectivity index (χ2n) is 6.35. The Morgan fingerprint density at radius 3 is 2.66 bits per heavy atom. The van der Waals surface area contributed by atoms with Crippen molar-refractivity contribution in [2.45, 2.75) is 13.8 Å². The number of H-pyrrole nitrogens is 1. The van der Waals surface area contributed by atoms with E-state index < -0.39 is 0 Å². The summed E-state index contributed by atoms with van der Waals surface area (Å²) in [6.07, 6.45) is 1.52. The fraction of sp³-hybridized carbons (Fsp3) is 0.0952. The van der Waals surface area contributed by atoms with Crippen LogP contribution in [0.3, 0.4) is 0 Å². The van der Waals surface area contributed by atoms with Crippen LogP contribution in [0.25, 0.3) is 33.2 Å². The summed E-state index contributed by atoms with van der Waals surface area (Å²) in [5.74, 6) is 1.08. The lowest BCUT2D eigenvalue weighted by Gasteiger charge is -2.03. The number of nitrogens with one attached hydrogen (secondary N) is 1. The molecule has 8 heteroatoms. The van der Waals surface area contributed by atoms with E-state index in [0.29, 0.717) is 37.3 Å². The lowest BCUT2D eigenvalue weighted by molar-refractivity contribution is 0.572. The molecule has 0 spiro atoms. The number of aromatic amines is 1. The van der Waals surface area contributed by atoms with Crippen molar-refractivity contribution >= 4 is 56.4 Å². The Hall–Kier alpha value is -2.85. The van der Waals surface area contributed by atoms with E-state index in [1.807, 2.05) is 13.8 Å². The van der Waals surface area contributed by atoms with E-state index >= 15 is 0 Å². The topological polar surface area (TPSA) is 82.7 Å². The standard InChI is InChI=1S/C21H13Cl2N3O2S/c1-10-11(2)29-21-17(10)20(27)25-19(26-21)12(9-24)8-13-6-7-16(28-13)18-14(22)4-3-5-15(18)23/h3-8H,1-2H3,(H,25,26,27)/b12-8+. The van der Waals surface area contributed by atoms with Crippen molar-refractivity contribution in [1.29, 1.82) is 5.26 Å². The number of hydrogen-bond acceptors (Lipinski definition) is 5. The summed E-state index contributed by atoms with van der Waals surface area (Å²) < 4.78 is 5.81. The molecule has 144 valence electrons. The van der Waals surface area contributed by atoms with Crippen LogP contribution in [-0.4, -0.2) is 9.97 Å². The van der Waals surface area contributed by atoms with E-state index in [1.54, 1.807) is 30.3 Å². The van der Waals surface area contributed by atoms with Crippen LogP contribution in [-0.2, 0) is 0 Å². The van der Waals surface area contributed by atoms with Crippen molar-refractivity contribution in [2.75, 3.05) is 0 Å². The minimum absolute atomic E-state index is 0.180. The monoisotopic (exact) mass is 441 g/mol. The van der Waals surface area contributed by atoms with E-state index in [9.17, 15) is 10.1 Å². The predicted octanol–water partition coefficient (Wildman–Crippen LogP) is 6.23. The van der Waals surface area contributed by atoms with E-state index in [-0.39, 0.29) is 17.0 Å². The van der Waals surface area contributed by atoms with Crippen molar-refractivity contribution in [2.24, 2.45) is 0 Å². The van der Waals surface area contributed by atoms with Gasteiger partial charge in [-0.2, -0.15) is 5.26 Å². The van der Waals surface area contributed by atoms with Gasteiger partial charge in [-0.25, -0.2) is 4.98 Å². The average Bonchev–Trinajstić information content (AvgIpc) is 3.24. The van der Waals surface area contributed by atoms with Crippen LogP contribution in [0.15, 0.2) is 39.5 Å². The van der Waals surface area contributed by atoms with Crippen molar-refractivity contribution in [1.82, 2.24) is 9.97 Å². The van der Waals surface area contributed by atoms with Crippen molar-refractivity contribution in [3.63, 3.8) is 0 Å². The first kappa shape index (κ1) is 19.5. The van der Waals surface area contributed by atoms with Crippen molar-refractivity contribution < 1.29 is 4.42 Å². The number of fused-ring (bicyclic) bond motifs is 1.